The van der Waals surface area contributed by atoms with Gasteiger partial charge in [-0.3, -0.25) is 4.79 Å². The number of nitrogens with one attached hydrogen (secondary N) is 1. The summed E-state index contributed by atoms with van der Waals surface area (Å²) in [5.74, 6) is 1.67. The summed E-state index contributed by atoms with van der Waals surface area (Å²) in [7, 11) is 4.72. The molecular formula is C17H23NO4. The number of methoxy groups -OCH3 is 3. The van der Waals surface area contributed by atoms with Crippen molar-refractivity contribution in [3.05, 3.63) is 23.3 Å². The molecule has 5 heteroatoms. The van der Waals surface area contributed by atoms with Gasteiger partial charge in [0.05, 0.1) is 21.3 Å². The Labute approximate surface area is 131 Å². The first-order chi connectivity index (χ1) is 10.5. The zero-order valence-electron chi connectivity index (χ0n) is 13.8. The predicted octanol–water partition coefficient (Wildman–Crippen LogP) is 2.78. The number of allylic oxidation sites excluding steroid dienone is 1. The van der Waals surface area contributed by atoms with E-state index in [-0.39, 0.29) is 5.91 Å². The maximum absolute atomic E-state index is 12.2. The molecule has 5 nitrogen and oxygen atoms in total. The van der Waals surface area contributed by atoms with E-state index in [2.05, 4.69) is 5.32 Å². The summed E-state index contributed by atoms with van der Waals surface area (Å²) in [5.41, 5.74) is 2.46. The number of hydrogen-bond donors (Lipinski definition) is 1. The highest BCUT2D eigenvalue weighted by molar-refractivity contribution is 6.00. The second-order valence-corrected chi connectivity index (χ2v) is 5.41. The van der Waals surface area contributed by atoms with E-state index in [1.165, 1.54) is 0 Å². The molecule has 0 unspecified atom stereocenters. The molecule has 1 aromatic rings. The fourth-order valence-corrected chi connectivity index (χ4v) is 2.21. The Kier molecular flexibility index (Phi) is 4.96. The molecule has 0 radical (unpaired) electrons. The summed E-state index contributed by atoms with van der Waals surface area (Å²) in [6.07, 6.45) is 2.14. The minimum atomic E-state index is -0.0197. The Balaban J connectivity index is 2.39. The first kappa shape index (κ1) is 16.2. The van der Waals surface area contributed by atoms with Crippen molar-refractivity contribution in [3.8, 4) is 17.2 Å². The smallest absolute Gasteiger partial charge is 0.247 e. The molecule has 0 aromatic heterocycles. The highest BCUT2D eigenvalue weighted by atomic mass is 16.5. The number of carbonyl (C=O) groups excluding carboxylic acids is 1. The van der Waals surface area contributed by atoms with Crippen LogP contribution in [0.3, 0.4) is 0 Å². The van der Waals surface area contributed by atoms with Gasteiger partial charge in [-0.1, -0.05) is 0 Å². The zero-order chi connectivity index (χ0) is 16.3. The van der Waals surface area contributed by atoms with Crippen molar-refractivity contribution in [2.45, 2.75) is 32.7 Å². The van der Waals surface area contributed by atoms with Gasteiger partial charge in [-0.15, -0.1) is 0 Å². The molecule has 22 heavy (non-hydrogen) atoms. The molecule has 0 heterocycles. The molecule has 1 aliphatic carbocycles. The lowest BCUT2D eigenvalue weighted by Crippen LogP contribution is -2.26. The van der Waals surface area contributed by atoms with Crippen LogP contribution in [0.4, 0.5) is 0 Å². The summed E-state index contributed by atoms with van der Waals surface area (Å²) in [4.78, 5) is 12.2. The molecule has 1 aromatic carbocycles. The molecule has 0 atom stereocenters. The third kappa shape index (κ3) is 3.35. The van der Waals surface area contributed by atoms with E-state index in [1.54, 1.807) is 21.3 Å². The lowest BCUT2D eigenvalue weighted by molar-refractivity contribution is -0.117. The summed E-state index contributed by atoms with van der Waals surface area (Å²) in [5, 5.41) is 3.00. The molecule has 1 fully saturated rings. The van der Waals surface area contributed by atoms with E-state index in [1.807, 2.05) is 26.0 Å². The monoisotopic (exact) mass is 305 g/mol. The normalized spacial score (nSPS) is 15.0. The van der Waals surface area contributed by atoms with Crippen molar-refractivity contribution in [2.75, 3.05) is 21.3 Å². The van der Waals surface area contributed by atoms with Crippen LogP contribution in [0.2, 0.25) is 0 Å². The van der Waals surface area contributed by atoms with E-state index in [4.69, 9.17) is 14.2 Å². The fraction of sp³-hybridized carbons (Fsp3) is 0.471. The lowest BCUT2D eigenvalue weighted by atomic mass is 10.0. The van der Waals surface area contributed by atoms with Crippen molar-refractivity contribution in [1.82, 2.24) is 5.32 Å². The van der Waals surface area contributed by atoms with Gasteiger partial charge in [-0.25, -0.2) is 0 Å². The van der Waals surface area contributed by atoms with E-state index in [0.29, 0.717) is 28.9 Å². The summed E-state index contributed by atoms with van der Waals surface area (Å²) in [6, 6.07) is 4.05. The first-order valence-electron chi connectivity index (χ1n) is 7.30. The number of hydrogen-bond acceptors (Lipinski definition) is 4. The lowest BCUT2D eigenvalue weighted by Gasteiger charge is -2.15. The van der Waals surface area contributed by atoms with E-state index >= 15 is 0 Å². The Hall–Kier alpha value is -2.17. The Bertz CT molecular complexity index is 578. The summed E-state index contributed by atoms with van der Waals surface area (Å²) in [6.45, 7) is 3.75. The first-order valence-corrected chi connectivity index (χ1v) is 7.30. The van der Waals surface area contributed by atoms with Crippen molar-refractivity contribution < 1.29 is 19.0 Å². The van der Waals surface area contributed by atoms with E-state index < -0.39 is 0 Å². The number of ether oxygens (including phenoxy) is 3. The van der Waals surface area contributed by atoms with Crippen LogP contribution in [0.5, 0.6) is 17.2 Å². The maximum atomic E-state index is 12.2. The second-order valence-electron chi connectivity index (χ2n) is 5.41. The van der Waals surface area contributed by atoms with Crippen LogP contribution in [0.15, 0.2) is 17.7 Å². The van der Waals surface area contributed by atoms with E-state index in [0.717, 1.165) is 24.0 Å². The van der Waals surface area contributed by atoms with Gasteiger partial charge in [0, 0.05) is 11.6 Å². The van der Waals surface area contributed by atoms with Crippen LogP contribution in [-0.4, -0.2) is 33.3 Å². The van der Waals surface area contributed by atoms with Gasteiger partial charge in [-0.05, 0) is 50.0 Å². The van der Waals surface area contributed by atoms with Gasteiger partial charge in [0.15, 0.2) is 11.5 Å². The van der Waals surface area contributed by atoms with Gasteiger partial charge in [0.2, 0.25) is 11.7 Å². The van der Waals surface area contributed by atoms with Gasteiger partial charge in [0.1, 0.15) is 0 Å². The molecule has 0 aliphatic heterocycles. The van der Waals surface area contributed by atoms with Crippen molar-refractivity contribution in [1.29, 1.82) is 0 Å². The summed E-state index contributed by atoms with van der Waals surface area (Å²) < 4.78 is 16.0. The van der Waals surface area contributed by atoms with Crippen LogP contribution in [0.25, 0.3) is 5.57 Å². The Morgan fingerprint density at radius 2 is 1.59 bits per heavy atom. The minimum absolute atomic E-state index is 0.0197. The molecule has 2 rings (SSSR count). The Morgan fingerprint density at radius 3 is 2.00 bits per heavy atom. The quantitative estimate of drug-likeness (QED) is 0.821. The average Bonchev–Trinajstić information content (AvgIpc) is 3.35. The number of benzene rings is 1. The highest BCUT2D eigenvalue weighted by Gasteiger charge is 2.24. The van der Waals surface area contributed by atoms with Crippen LogP contribution in [0, 0.1) is 0 Å². The second kappa shape index (κ2) is 6.73. The minimum Gasteiger partial charge on any atom is -0.493 e. The summed E-state index contributed by atoms with van der Waals surface area (Å²) >= 11 is 0. The van der Waals surface area contributed by atoms with Crippen LogP contribution >= 0.6 is 0 Å². The zero-order valence-corrected chi connectivity index (χ0v) is 13.8. The molecular weight excluding hydrogens is 282 g/mol. The topological polar surface area (TPSA) is 56.8 Å². The third-order valence-electron chi connectivity index (χ3n) is 3.91. The number of amides is 1. The van der Waals surface area contributed by atoms with Crippen molar-refractivity contribution >= 4 is 11.5 Å². The van der Waals surface area contributed by atoms with Crippen LogP contribution < -0.4 is 19.5 Å². The fourth-order valence-electron chi connectivity index (χ4n) is 2.21. The largest absolute Gasteiger partial charge is 0.493 e. The molecule has 0 spiro atoms. The third-order valence-corrected chi connectivity index (χ3v) is 3.91. The molecule has 1 saturated carbocycles. The standard InChI is InChI=1S/C17H23NO4/c1-10(11(2)17(19)18-13-6-7-13)12-8-14(20-3)16(22-5)15(9-12)21-4/h8-9,13H,6-7H2,1-5H3,(H,18,19)/b11-10+. The number of rotatable bonds is 6. The van der Waals surface area contributed by atoms with Crippen molar-refractivity contribution in [2.24, 2.45) is 0 Å². The molecule has 120 valence electrons. The molecule has 0 saturated heterocycles. The average molecular weight is 305 g/mol. The highest BCUT2D eigenvalue weighted by Crippen LogP contribution is 2.40. The van der Waals surface area contributed by atoms with Gasteiger partial charge >= 0.3 is 0 Å². The Morgan fingerprint density at radius 1 is 1.05 bits per heavy atom. The number of carbonyl (C=O) groups is 1. The molecule has 1 amide bonds. The SMILES string of the molecule is COc1cc(/C(C)=C(\C)C(=O)NC2CC2)cc(OC)c1OC. The van der Waals surface area contributed by atoms with Crippen LogP contribution in [0.1, 0.15) is 32.3 Å². The molecule has 1 N–H and O–H groups in total. The van der Waals surface area contributed by atoms with Gasteiger partial charge in [0.25, 0.3) is 0 Å². The molecule has 0 bridgehead atoms. The maximum Gasteiger partial charge on any atom is 0.247 e. The van der Waals surface area contributed by atoms with Gasteiger partial charge < -0.3 is 19.5 Å². The van der Waals surface area contributed by atoms with Crippen LogP contribution in [-0.2, 0) is 4.79 Å². The van der Waals surface area contributed by atoms with Crippen molar-refractivity contribution in [3.63, 3.8) is 0 Å². The van der Waals surface area contributed by atoms with Gasteiger partial charge in [-0.2, -0.15) is 0 Å². The van der Waals surface area contributed by atoms with E-state index in [9.17, 15) is 4.79 Å². The molecule has 1 aliphatic rings. The predicted molar refractivity (Wildman–Crippen MR) is 85.5 cm³/mol.